The minimum atomic E-state index is 0.556. The molecule has 0 aliphatic carbocycles. The fourth-order valence-corrected chi connectivity index (χ4v) is 2.13. The molecule has 0 saturated carbocycles. The van der Waals surface area contributed by atoms with Gasteiger partial charge in [0.15, 0.2) is 0 Å². The van der Waals surface area contributed by atoms with Crippen LogP contribution in [0.4, 0.5) is 0 Å². The van der Waals surface area contributed by atoms with Crippen LogP contribution in [0.1, 0.15) is 36.7 Å². The summed E-state index contributed by atoms with van der Waals surface area (Å²) in [5, 5.41) is 5.50. The van der Waals surface area contributed by atoms with Gasteiger partial charge in [-0.1, -0.05) is 22.9 Å². The zero-order chi connectivity index (χ0) is 10.0. The minimum absolute atomic E-state index is 0.556. The fraction of sp³-hybridized carbons (Fsp3) is 0.700. The molecule has 1 heterocycles. The minimum Gasteiger partial charge on any atom is -0.270 e. The second kappa shape index (κ2) is 4.27. The molecule has 0 N–H and O–H groups in total. The molecule has 0 aliphatic heterocycles. The second-order valence-electron chi connectivity index (χ2n) is 3.46. The van der Waals surface area contributed by atoms with Crippen molar-refractivity contribution in [3.63, 3.8) is 0 Å². The van der Waals surface area contributed by atoms with Gasteiger partial charge in [0, 0.05) is 17.6 Å². The summed E-state index contributed by atoms with van der Waals surface area (Å²) in [5.74, 6) is 0.556. The lowest BCUT2D eigenvalue weighted by Gasteiger charge is -2.08. The van der Waals surface area contributed by atoms with Crippen molar-refractivity contribution in [1.29, 1.82) is 0 Å². The van der Waals surface area contributed by atoms with Gasteiger partial charge in [0.1, 0.15) is 0 Å². The average Bonchev–Trinajstić information content (AvgIpc) is 2.40. The van der Waals surface area contributed by atoms with E-state index in [0.717, 1.165) is 11.9 Å². The number of nitrogens with zero attached hydrogens (tertiary/aromatic N) is 2. The Morgan fingerprint density at radius 2 is 2.08 bits per heavy atom. The van der Waals surface area contributed by atoms with Crippen molar-refractivity contribution in [3.05, 3.63) is 17.0 Å². The highest BCUT2D eigenvalue weighted by molar-refractivity contribution is 9.09. The lowest BCUT2D eigenvalue weighted by molar-refractivity contribution is 0.632. The van der Waals surface area contributed by atoms with Crippen LogP contribution >= 0.6 is 15.9 Å². The largest absolute Gasteiger partial charge is 0.270 e. The smallest absolute Gasteiger partial charge is 0.0631 e. The van der Waals surface area contributed by atoms with Crippen LogP contribution in [0.15, 0.2) is 0 Å². The number of rotatable bonds is 3. The molecule has 1 aromatic rings. The topological polar surface area (TPSA) is 17.8 Å². The molecule has 0 aromatic carbocycles. The Balaban J connectivity index is 3.12. The zero-order valence-corrected chi connectivity index (χ0v) is 10.3. The van der Waals surface area contributed by atoms with Crippen LogP contribution < -0.4 is 0 Å². The van der Waals surface area contributed by atoms with E-state index < -0.39 is 0 Å². The molecular weight excluding hydrogens is 228 g/mol. The first kappa shape index (κ1) is 10.8. The molecule has 0 aliphatic rings. The third-order valence-corrected chi connectivity index (χ3v) is 3.43. The standard InChI is InChI=1S/C10H17BrN2/c1-5-13-9(4)10(7(2)6-11)8(3)12-13/h7H,5-6H2,1-4H3. The van der Waals surface area contributed by atoms with E-state index in [1.807, 2.05) is 0 Å². The summed E-state index contributed by atoms with van der Waals surface area (Å²) < 4.78 is 2.07. The molecule has 0 fully saturated rings. The molecule has 3 heteroatoms. The first-order chi connectivity index (χ1) is 6.11. The van der Waals surface area contributed by atoms with Gasteiger partial charge in [-0.15, -0.1) is 0 Å². The molecule has 0 saturated heterocycles. The maximum Gasteiger partial charge on any atom is 0.0631 e. The highest BCUT2D eigenvalue weighted by Gasteiger charge is 2.15. The number of halogens is 1. The quantitative estimate of drug-likeness (QED) is 0.748. The number of aromatic nitrogens is 2. The molecule has 1 unspecified atom stereocenters. The third kappa shape index (κ3) is 1.96. The molecular formula is C10H17BrN2. The summed E-state index contributed by atoms with van der Waals surface area (Å²) in [7, 11) is 0. The molecule has 1 atom stereocenters. The van der Waals surface area contributed by atoms with Crippen molar-refractivity contribution in [3.8, 4) is 0 Å². The first-order valence-electron chi connectivity index (χ1n) is 4.71. The van der Waals surface area contributed by atoms with Crippen molar-refractivity contribution in [2.45, 2.75) is 40.2 Å². The number of hydrogen-bond acceptors (Lipinski definition) is 1. The van der Waals surface area contributed by atoms with Crippen LogP contribution in [0.25, 0.3) is 0 Å². The number of hydrogen-bond donors (Lipinski definition) is 0. The predicted molar refractivity (Wildman–Crippen MR) is 59.6 cm³/mol. The number of aryl methyl sites for hydroxylation is 2. The van der Waals surface area contributed by atoms with E-state index in [4.69, 9.17) is 0 Å². The summed E-state index contributed by atoms with van der Waals surface area (Å²) in [5.41, 5.74) is 3.89. The Kier molecular flexibility index (Phi) is 3.54. The van der Waals surface area contributed by atoms with E-state index in [0.29, 0.717) is 5.92 Å². The van der Waals surface area contributed by atoms with Crippen LogP contribution in [-0.2, 0) is 6.54 Å². The van der Waals surface area contributed by atoms with Gasteiger partial charge in [0.2, 0.25) is 0 Å². The molecule has 1 rings (SSSR count). The Morgan fingerprint density at radius 1 is 1.46 bits per heavy atom. The van der Waals surface area contributed by atoms with Crippen LogP contribution in [0.5, 0.6) is 0 Å². The molecule has 0 spiro atoms. The van der Waals surface area contributed by atoms with Gasteiger partial charge >= 0.3 is 0 Å². The van der Waals surface area contributed by atoms with Crippen molar-refractivity contribution in [1.82, 2.24) is 9.78 Å². The SMILES string of the molecule is CCn1nc(C)c(C(C)CBr)c1C. The summed E-state index contributed by atoms with van der Waals surface area (Å²) in [6.07, 6.45) is 0. The van der Waals surface area contributed by atoms with Gasteiger partial charge in [-0.05, 0) is 32.3 Å². The molecule has 0 radical (unpaired) electrons. The van der Waals surface area contributed by atoms with E-state index in [-0.39, 0.29) is 0 Å². The maximum absolute atomic E-state index is 4.49. The highest BCUT2D eigenvalue weighted by atomic mass is 79.9. The highest BCUT2D eigenvalue weighted by Crippen LogP contribution is 2.24. The zero-order valence-electron chi connectivity index (χ0n) is 8.76. The lowest BCUT2D eigenvalue weighted by Crippen LogP contribution is -2.01. The van der Waals surface area contributed by atoms with E-state index in [9.17, 15) is 0 Å². The summed E-state index contributed by atoms with van der Waals surface area (Å²) in [6.45, 7) is 9.56. The average molecular weight is 245 g/mol. The van der Waals surface area contributed by atoms with Crippen LogP contribution in [0.2, 0.25) is 0 Å². The molecule has 1 aromatic heterocycles. The monoisotopic (exact) mass is 244 g/mol. The van der Waals surface area contributed by atoms with Crippen molar-refractivity contribution >= 4 is 15.9 Å². The van der Waals surface area contributed by atoms with Crippen LogP contribution in [-0.4, -0.2) is 15.1 Å². The Morgan fingerprint density at radius 3 is 2.46 bits per heavy atom. The summed E-state index contributed by atoms with van der Waals surface area (Å²) in [4.78, 5) is 0. The van der Waals surface area contributed by atoms with E-state index in [1.165, 1.54) is 17.0 Å². The normalized spacial score (nSPS) is 13.3. The molecule has 0 amide bonds. The molecule has 2 nitrogen and oxygen atoms in total. The fourth-order valence-electron chi connectivity index (χ4n) is 1.81. The van der Waals surface area contributed by atoms with Gasteiger partial charge < -0.3 is 0 Å². The van der Waals surface area contributed by atoms with Gasteiger partial charge in [-0.3, -0.25) is 4.68 Å². The molecule has 0 bridgehead atoms. The first-order valence-corrected chi connectivity index (χ1v) is 5.83. The van der Waals surface area contributed by atoms with Crippen molar-refractivity contribution < 1.29 is 0 Å². The predicted octanol–water partition coefficient (Wildman–Crippen LogP) is 3.02. The van der Waals surface area contributed by atoms with Gasteiger partial charge in [-0.25, -0.2) is 0 Å². The van der Waals surface area contributed by atoms with Gasteiger partial charge in [-0.2, -0.15) is 5.10 Å². The number of alkyl halides is 1. The Hall–Kier alpha value is -0.310. The van der Waals surface area contributed by atoms with E-state index >= 15 is 0 Å². The Labute approximate surface area is 88.5 Å². The molecule has 13 heavy (non-hydrogen) atoms. The third-order valence-electron chi connectivity index (χ3n) is 2.46. The second-order valence-corrected chi connectivity index (χ2v) is 4.10. The summed E-state index contributed by atoms with van der Waals surface area (Å²) in [6, 6.07) is 0. The van der Waals surface area contributed by atoms with Crippen molar-refractivity contribution in [2.24, 2.45) is 0 Å². The summed E-state index contributed by atoms with van der Waals surface area (Å²) >= 11 is 3.51. The van der Waals surface area contributed by atoms with Crippen molar-refractivity contribution in [2.75, 3.05) is 5.33 Å². The van der Waals surface area contributed by atoms with E-state index in [2.05, 4.69) is 53.4 Å². The Bertz CT molecular complexity index is 291. The van der Waals surface area contributed by atoms with E-state index in [1.54, 1.807) is 0 Å². The maximum atomic E-state index is 4.49. The van der Waals surface area contributed by atoms with Gasteiger partial charge in [0.05, 0.1) is 5.69 Å². The lowest BCUT2D eigenvalue weighted by atomic mass is 10.0. The van der Waals surface area contributed by atoms with Gasteiger partial charge in [0.25, 0.3) is 0 Å². The molecule has 74 valence electrons. The van der Waals surface area contributed by atoms with Crippen LogP contribution in [0.3, 0.4) is 0 Å². The van der Waals surface area contributed by atoms with Crippen LogP contribution in [0, 0.1) is 13.8 Å².